The number of carbonyl (C=O) groups is 1. The molecule has 3 nitrogen and oxygen atoms in total. The molecule has 120 valence electrons. The molecule has 0 atom stereocenters. The van der Waals surface area contributed by atoms with Crippen LogP contribution < -0.4 is 0 Å². The summed E-state index contributed by atoms with van der Waals surface area (Å²) in [6.07, 6.45) is 1.40. The van der Waals surface area contributed by atoms with Crippen molar-refractivity contribution in [2.75, 3.05) is 0 Å². The van der Waals surface area contributed by atoms with Crippen molar-refractivity contribution in [3.05, 3.63) is 77.8 Å². The van der Waals surface area contributed by atoms with Gasteiger partial charge >= 0.3 is 6.18 Å². The van der Waals surface area contributed by atoms with Gasteiger partial charge in [-0.05, 0) is 42.5 Å². The van der Waals surface area contributed by atoms with E-state index in [2.05, 4.69) is 9.97 Å². The molecule has 0 N–H and O–H groups in total. The van der Waals surface area contributed by atoms with Crippen molar-refractivity contribution in [3.8, 4) is 0 Å². The first-order chi connectivity index (χ1) is 11.4. The van der Waals surface area contributed by atoms with E-state index in [9.17, 15) is 18.0 Å². The minimum absolute atomic E-state index is 0.225. The summed E-state index contributed by atoms with van der Waals surface area (Å²) in [6, 6.07) is 9.86. The number of halogens is 3. The van der Waals surface area contributed by atoms with Gasteiger partial charge < -0.3 is 0 Å². The summed E-state index contributed by atoms with van der Waals surface area (Å²) in [6.45, 7) is 0. The van der Waals surface area contributed by atoms with Crippen LogP contribution in [0.25, 0.3) is 17.0 Å². The lowest BCUT2D eigenvalue weighted by molar-refractivity contribution is -0.137. The summed E-state index contributed by atoms with van der Waals surface area (Å²) in [4.78, 5) is 20.0. The van der Waals surface area contributed by atoms with Gasteiger partial charge in [0.15, 0.2) is 5.78 Å². The summed E-state index contributed by atoms with van der Waals surface area (Å²) in [7, 11) is 0. The molecule has 0 amide bonds. The average Bonchev–Trinajstić information content (AvgIpc) is 2.59. The summed E-state index contributed by atoms with van der Waals surface area (Å²) in [5, 5.41) is 0.598. The third-order valence-electron chi connectivity index (χ3n) is 3.41. The monoisotopic (exact) mass is 328 g/mol. The highest BCUT2D eigenvalue weighted by Gasteiger charge is 2.30. The maximum atomic E-state index is 12.8. The van der Waals surface area contributed by atoms with Crippen LogP contribution in [0.5, 0.6) is 0 Å². The number of alkyl halides is 3. The molecule has 0 unspecified atom stereocenters. The Balaban J connectivity index is 1.90. The summed E-state index contributed by atoms with van der Waals surface area (Å²) < 4.78 is 38.3. The fourth-order valence-corrected chi connectivity index (χ4v) is 2.18. The van der Waals surface area contributed by atoms with Crippen molar-refractivity contribution in [1.82, 2.24) is 9.97 Å². The Morgan fingerprint density at radius 3 is 2.42 bits per heavy atom. The second-order valence-corrected chi connectivity index (χ2v) is 5.07. The zero-order valence-corrected chi connectivity index (χ0v) is 12.3. The Kier molecular flexibility index (Phi) is 4.12. The third-order valence-corrected chi connectivity index (χ3v) is 3.41. The van der Waals surface area contributed by atoms with Crippen molar-refractivity contribution in [2.45, 2.75) is 6.18 Å². The largest absolute Gasteiger partial charge is 0.416 e. The minimum Gasteiger partial charge on any atom is -0.289 e. The van der Waals surface area contributed by atoms with Gasteiger partial charge in [-0.2, -0.15) is 13.2 Å². The number of allylic oxidation sites excluding steroid dienone is 1. The Morgan fingerprint density at radius 2 is 1.71 bits per heavy atom. The van der Waals surface area contributed by atoms with Crippen LogP contribution in [-0.2, 0) is 6.18 Å². The zero-order valence-electron chi connectivity index (χ0n) is 12.3. The maximum absolute atomic E-state index is 12.8. The number of rotatable bonds is 3. The third kappa shape index (κ3) is 3.48. The lowest BCUT2D eigenvalue weighted by atomic mass is 10.1. The number of ketones is 1. The van der Waals surface area contributed by atoms with Gasteiger partial charge in [-0.25, -0.2) is 4.98 Å². The van der Waals surface area contributed by atoms with Crippen molar-refractivity contribution in [2.24, 2.45) is 0 Å². The predicted molar refractivity (Wildman–Crippen MR) is 84.3 cm³/mol. The zero-order chi connectivity index (χ0) is 17.2. The molecule has 0 aliphatic heterocycles. The SMILES string of the molecule is O=C(/C=C/c1ccc2ccc(C(F)(F)F)cc2n1)c1ccncc1. The lowest BCUT2D eigenvalue weighted by Crippen LogP contribution is -2.04. The first-order valence-electron chi connectivity index (χ1n) is 7.04. The molecular weight excluding hydrogens is 317 g/mol. The van der Waals surface area contributed by atoms with Crippen LogP contribution in [0.15, 0.2) is 60.9 Å². The number of pyridine rings is 2. The van der Waals surface area contributed by atoms with Crippen molar-refractivity contribution in [3.63, 3.8) is 0 Å². The normalized spacial score (nSPS) is 12.0. The number of fused-ring (bicyclic) bond motifs is 1. The van der Waals surface area contributed by atoms with Crippen LogP contribution in [0.1, 0.15) is 21.6 Å². The van der Waals surface area contributed by atoms with Crippen molar-refractivity contribution >= 4 is 22.8 Å². The molecule has 0 aliphatic rings. The van der Waals surface area contributed by atoms with Gasteiger partial charge in [0, 0.05) is 23.3 Å². The second kappa shape index (κ2) is 6.23. The Labute approximate surface area is 135 Å². The molecule has 0 spiro atoms. The summed E-state index contributed by atoms with van der Waals surface area (Å²) in [5.41, 5.74) is 0.352. The number of hydrogen-bond acceptors (Lipinski definition) is 3. The molecule has 0 radical (unpaired) electrons. The van der Waals surface area contributed by atoms with Crippen LogP contribution in [0.4, 0.5) is 13.2 Å². The molecule has 2 heterocycles. The van der Waals surface area contributed by atoms with E-state index < -0.39 is 11.7 Å². The number of benzene rings is 1. The quantitative estimate of drug-likeness (QED) is 0.523. The molecule has 0 aliphatic carbocycles. The lowest BCUT2D eigenvalue weighted by Gasteiger charge is -2.07. The van der Waals surface area contributed by atoms with Crippen LogP contribution >= 0.6 is 0 Å². The van der Waals surface area contributed by atoms with Crippen molar-refractivity contribution < 1.29 is 18.0 Å². The molecule has 2 aromatic heterocycles. The molecule has 0 saturated carbocycles. The van der Waals surface area contributed by atoms with Gasteiger partial charge in [0.2, 0.25) is 0 Å². The highest BCUT2D eigenvalue weighted by Crippen LogP contribution is 2.31. The average molecular weight is 328 g/mol. The second-order valence-electron chi connectivity index (χ2n) is 5.07. The highest BCUT2D eigenvalue weighted by molar-refractivity contribution is 6.06. The molecule has 0 bridgehead atoms. The first-order valence-corrected chi connectivity index (χ1v) is 7.04. The fraction of sp³-hybridized carbons (Fsp3) is 0.0556. The topological polar surface area (TPSA) is 42.9 Å². The Hall–Kier alpha value is -3.02. The molecule has 6 heteroatoms. The Morgan fingerprint density at radius 1 is 1.00 bits per heavy atom. The van der Waals surface area contributed by atoms with E-state index in [0.29, 0.717) is 16.6 Å². The Bertz CT molecular complexity index is 918. The van der Waals surface area contributed by atoms with E-state index in [-0.39, 0.29) is 11.3 Å². The smallest absolute Gasteiger partial charge is 0.289 e. The number of carbonyl (C=O) groups excluding carboxylic acids is 1. The molecule has 0 saturated heterocycles. The van der Waals surface area contributed by atoms with Crippen molar-refractivity contribution in [1.29, 1.82) is 0 Å². The number of hydrogen-bond donors (Lipinski definition) is 0. The maximum Gasteiger partial charge on any atom is 0.416 e. The van der Waals surface area contributed by atoms with E-state index in [4.69, 9.17) is 0 Å². The molecule has 24 heavy (non-hydrogen) atoms. The molecule has 0 fully saturated rings. The van der Waals surface area contributed by atoms with Gasteiger partial charge in [-0.1, -0.05) is 12.1 Å². The van der Waals surface area contributed by atoms with Gasteiger partial charge in [0.25, 0.3) is 0 Å². The molecule has 3 aromatic rings. The van der Waals surface area contributed by atoms with Gasteiger partial charge in [0.05, 0.1) is 16.8 Å². The minimum atomic E-state index is -4.42. The van der Waals surface area contributed by atoms with E-state index in [1.165, 1.54) is 30.6 Å². The number of aromatic nitrogens is 2. The molecule has 3 rings (SSSR count). The van der Waals surface area contributed by atoms with E-state index >= 15 is 0 Å². The van der Waals surface area contributed by atoms with Crippen LogP contribution in [0.3, 0.4) is 0 Å². The van der Waals surface area contributed by atoms with E-state index in [1.807, 2.05) is 0 Å². The van der Waals surface area contributed by atoms with E-state index in [0.717, 1.165) is 12.1 Å². The van der Waals surface area contributed by atoms with Gasteiger partial charge in [0.1, 0.15) is 0 Å². The standard InChI is InChI=1S/C18H11F3N2O/c19-18(20,21)14-3-1-12-2-4-15(23-16(12)11-14)5-6-17(24)13-7-9-22-10-8-13/h1-11H/b6-5+. The van der Waals surface area contributed by atoms with E-state index in [1.54, 1.807) is 24.3 Å². The molecular formula is C18H11F3N2O. The first kappa shape index (κ1) is 15.9. The van der Waals surface area contributed by atoms with Crippen LogP contribution in [0, 0.1) is 0 Å². The highest BCUT2D eigenvalue weighted by atomic mass is 19.4. The van der Waals surface area contributed by atoms with Gasteiger partial charge in [-0.15, -0.1) is 0 Å². The summed E-state index contributed by atoms with van der Waals surface area (Å²) in [5.74, 6) is -0.233. The van der Waals surface area contributed by atoms with Crippen LogP contribution in [-0.4, -0.2) is 15.8 Å². The fourth-order valence-electron chi connectivity index (χ4n) is 2.18. The van der Waals surface area contributed by atoms with Crippen LogP contribution in [0.2, 0.25) is 0 Å². The predicted octanol–water partition coefficient (Wildman–Crippen LogP) is 4.54. The summed E-state index contributed by atoms with van der Waals surface area (Å²) >= 11 is 0. The van der Waals surface area contributed by atoms with Gasteiger partial charge in [-0.3, -0.25) is 9.78 Å². The number of nitrogens with zero attached hydrogens (tertiary/aromatic N) is 2. The molecule has 1 aromatic carbocycles.